The Morgan fingerprint density at radius 2 is 2.17 bits per heavy atom. The van der Waals surface area contributed by atoms with Gasteiger partial charge in [0, 0.05) is 32.8 Å². The number of hydrogen-bond donors (Lipinski definition) is 2. The van der Waals surface area contributed by atoms with Gasteiger partial charge in [0.05, 0.1) is 28.8 Å². The lowest BCUT2D eigenvalue weighted by molar-refractivity contribution is -0.116. The number of carbonyl (C=O) groups is 2. The molecule has 3 heterocycles. The van der Waals surface area contributed by atoms with Gasteiger partial charge in [-0.3, -0.25) is 9.59 Å². The molecule has 0 saturated carbocycles. The molecule has 0 bridgehead atoms. The van der Waals surface area contributed by atoms with Crippen LogP contribution in [0.15, 0.2) is 30.5 Å². The molecule has 3 aromatic rings. The molecule has 0 radical (unpaired) electrons. The molecule has 1 aromatic carbocycles. The molecule has 0 spiro atoms. The van der Waals surface area contributed by atoms with Crippen molar-refractivity contribution in [3.8, 4) is 0 Å². The largest absolute Gasteiger partial charge is 0.359 e. The first-order valence-electron chi connectivity index (χ1n) is 9.40. The van der Waals surface area contributed by atoms with Crippen molar-refractivity contribution in [2.75, 3.05) is 36.9 Å². The predicted octanol–water partition coefficient (Wildman–Crippen LogP) is 2.19. The average Bonchev–Trinajstić information content (AvgIpc) is 3.12. The van der Waals surface area contributed by atoms with E-state index in [2.05, 4.69) is 20.3 Å². The van der Waals surface area contributed by atoms with E-state index < -0.39 is 0 Å². The lowest BCUT2D eigenvalue weighted by atomic mass is 10.2. The number of nitrogens with zero attached hydrogens (tertiary/aromatic N) is 4. The zero-order valence-electron chi connectivity index (χ0n) is 16.2. The van der Waals surface area contributed by atoms with Gasteiger partial charge >= 0.3 is 0 Å². The minimum atomic E-state index is -0.323. The Kier molecular flexibility index (Phi) is 4.87. The minimum Gasteiger partial charge on any atom is -0.359 e. The monoisotopic (exact) mass is 396 g/mol. The lowest BCUT2D eigenvalue weighted by Gasteiger charge is -2.27. The number of nitrogens with one attached hydrogen (secondary N) is 2. The predicted molar refractivity (Wildman–Crippen MR) is 107 cm³/mol. The third kappa shape index (κ3) is 3.63. The number of aromatic amines is 1. The number of halogens is 1. The number of imidazole rings is 1. The molecule has 0 saturated heterocycles. The number of pyridine rings is 1. The molecular formula is C20H21FN6O2. The van der Waals surface area contributed by atoms with Gasteiger partial charge in [0.2, 0.25) is 5.91 Å². The van der Waals surface area contributed by atoms with Gasteiger partial charge in [-0.05, 0) is 31.2 Å². The Balaban J connectivity index is 1.50. The number of fused-ring (bicyclic) bond motifs is 2. The summed E-state index contributed by atoms with van der Waals surface area (Å²) in [5, 5.41) is 2.95. The van der Waals surface area contributed by atoms with Gasteiger partial charge in [-0.2, -0.15) is 0 Å². The second-order valence-electron chi connectivity index (χ2n) is 6.88. The summed E-state index contributed by atoms with van der Waals surface area (Å²) in [5.41, 5.74) is 2.33. The van der Waals surface area contributed by atoms with Crippen molar-refractivity contribution in [2.45, 2.75) is 13.3 Å². The molecule has 0 unspecified atom stereocenters. The second-order valence-corrected chi connectivity index (χ2v) is 6.88. The Bertz CT molecular complexity index is 1100. The summed E-state index contributed by atoms with van der Waals surface area (Å²) in [6.07, 6.45) is 2.03. The molecule has 2 N–H and O–H groups in total. The van der Waals surface area contributed by atoms with Gasteiger partial charge in [-0.1, -0.05) is 0 Å². The first-order chi connectivity index (χ1) is 14.0. The van der Waals surface area contributed by atoms with Crippen LogP contribution in [-0.4, -0.2) is 58.3 Å². The van der Waals surface area contributed by atoms with Crippen molar-refractivity contribution < 1.29 is 14.0 Å². The summed E-state index contributed by atoms with van der Waals surface area (Å²) in [5.74, 6) is 0.695. The van der Waals surface area contributed by atoms with E-state index in [0.29, 0.717) is 53.4 Å². The van der Waals surface area contributed by atoms with E-state index in [4.69, 9.17) is 0 Å². The van der Waals surface area contributed by atoms with Gasteiger partial charge in [-0.25, -0.2) is 14.4 Å². The fourth-order valence-corrected chi connectivity index (χ4v) is 3.35. The van der Waals surface area contributed by atoms with E-state index in [-0.39, 0.29) is 24.2 Å². The van der Waals surface area contributed by atoms with Crippen molar-refractivity contribution >= 4 is 34.4 Å². The molecule has 1 aliphatic heterocycles. The number of likely N-dealkylation sites (N-methyl/N-ethyl adjacent to an activating group) is 2. The van der Waals surface area contributed by atoms with E-state index in [1.807, 2.05) is 6.92 Å². The van der Waals surface area contributed by atoms with Crippen LogP contribution < -0.4 is 10.2 Å². The van der Waals surface area contributed by atoms with Crippen LogP contribution in [0.5, 0.6) is 0 Å². The number of hydrogen-bond acceptors (Lipinski definition) is 5. The SMILES string of the molecule is CCN(CCc1nc2ccc(F)cc2[nH]1)C(=O)c1cnc2c(c1)N(C)C(=O)CN2. The van der Waals surface area contributed by atoms with Crippen molar-refractivity contribution in [1.82, 2.24) is 19.9 Å². The highest BCUT2D eigenvalue weighted by Crippen LogP contribution is 2.27. The molecule has 150 valence electrons. The number of rotatable bonds is 5. The Labute approximate surface area is 166 Å². The van der Waals surface area contributed by atoms with Crippen LogP contribution >= 0.6 is 0 Å². The van der Waals surface area contributed by atoms with Gasteiger partial charge in [-0.15, -0.1) is 0 Å². The lowest BCUT2D eigenvalue weighted by Crippen LogP contribution is -2.38. The Morgan fingerprint density at radius 1 is 1.34 bits per heavy atom. The van der Waals surface area contributed by atoms with E-state index in [1.165, 1.54) is 23.2 Å². The van der Waals surface area contributed by atoms with E-state index in [1.54, 1.807) is 24.1 Å². The maximum atomic E-state index is 13.3. The molecule has 9 heteroatoms. The smallest absolute Gasteiger partial charge is 0.255 e. The van der Waals surface area contributed by atoms with Crippen LogP contribution in [0.25, 0.3) is 11.0 Å². The molecule has 8 nitrogen and oxygen atoms in total. The topological polar surface area (TPSA) is 94.2 Å². The minimum absolute atomic E-state index is 0.0856. The molecule has 0 aliphatic carbocycles. The number of anilines is 2. The molecule has 0 atom stereocenters. The molecule has 2 aromatic heterocycles. The standard InChI is InChI=1S/C20H21FN6O2/c1-3-27(7-6-17-24-14-5-4-13(21)9-15(14)25-17)20(29)12-8-16-19(22-10-12)23-11-18(28)26(16)2/h4-5,8-10H,3,6-7,11H2,1-2H3,(H,22,23)(H,24,25). The highest BCUT2D eigenvalue weighted by Gasteiger charge is 2.24. The average molecular weight is 396 g/mol. The van der Waals surface area contributed by atoms with Gasteiger partial charge in [0.25, 0.3) is 5.91 Å². The maximum Gasteiger partial charge on any atom is 0.255 e. The summed E-state index contributed by atoms with van der Waals surface area (Å²) in [7, 11) is 1.67. The molecule has 2 amide bonds. The second kappa shape index (κ2) is 7.50. The van der Waals surface area contributed by atoms with Crippen molar-refractivity contribution in [3.63, 3.8) is 0 Å². The summed E-state index contributed by atoms with van der Waals surface area (Å²) in [4.78, 5) is 39.9. The van der Waals surface area contributed by atoms with Crippen LogP contribution in [-0.2, 0) is 11.2 Å². The van der Waals surface area contributed by atoms with Crippen molar-refractivity contribution in [1.29, 1.82) is 0 Å². The summed E-state index contributed by atoms with van der Waals surface area (Å²) < 4.78 is 13.3. The maximum absolute atomic E-state index is 13.3. The van der Waals surface area contributed by atoms with Crippen molar-refractivity contribution in [2.24, 2.45) is 0 Å². The van der Waals surface area contributed by atoms with Crippen LogP contribution in [0.4, 0.5) is 15.9 Å². The first-order valence-corrected chi connectivity index (χ1v) is 9.40. The van der Waals surface area contributed by atoms with Crippen LogP contribution in [0.1, 0.15) is 23.1 Å². The highest BCUT2D eigenvalue weighted by atomic mass is 19.1. The number of carbonyl (C=O) groups excluding carboxylic acids is 2. The summed E-state index contributed by atoms with van der Waals surface area (Å²) in [6, 6.07) is 6.08. The Hall–Kier alpha value is -3.49. The quantitative estimate of drug-likeness (QED) is 0.690. The number of aromatic nitrogens is 3. The molecule has 1 aliphatic rings. The fourth-order valence-electron chi connectivity index (χ4n) is 3.35. The first kappa shape index (κ1) is 18.9. The third-order valence-corrected chi connectivity index (χ3v) is 5.04. The molecule has 0 fully saturated rings. The third-order valence-electron chi connectivity index (χ3n) is 5.04. The number of H-pyrrole nitrogens is 1. The van der Waals surface area contributed by atoms with E-state index in [0.717, 1.165) is 0 Å². The van der Waals surface area contributed by atoms with Crippen LogP contribution in [0.3, 0.4) is 0 Å². The van der Waals surface area contributed by atoms with E-state index in [9.17, 15) is 14.0 Å². The Morgan fingerprint density at radius 3 is 2.97 bits per heavy atom. The van der Waals surface area contributed by atoms with Gasteiger partial charge in [0.1, 0.15) is 17.5 Å². The van der Waals surface area contributed by atoms with Gasteiger partial charge in [0.15, 0.2) is 0 Å². The van der Waals surface area contributed by atoms with Crippen LogP contribution in [0.2, 0.25) is 0 Å². The molecular weight excluding hydrogens is 375 g/mol. The van der Waals surface area contributed by atoms with Gasteiger partial charge < -0.3 is 20.1 Å². The molecule has 4 rings (SSSR count). The zero-order valence-corrected chi connectivity index (χ0v) is 16.2. The number of benzene rings is 1. The van der Waals surface area contributed by atoms with Crippen LogP contribution in [0, 0.1) is 5.82 Å². The molecule has 29 heavy (non-hydrogen) atoms. The summed E-state index contributed by atoms with van der Waals surface area (Å²) >= 11 is 0. The number of amides is 2. The highest BCUT2D eigenvalue weighted by molar-refractivity contribution is 6.03. The zero-order chi connectivity index (χ0) is 20.5. The van der Waals surface area contributed by atoms with Crippen molar-refractivity contribution in [3.05, 3.63) is 47.7 Å². The normalized spacial score (nSPS) is 13.3. The fraction of sp³-hybridized carbons (Fsp3) is 0.300. The summed E-state index contributed by atoms with van der Waals surface area (Å²) in [6.45, 7) is 3.04. The van der Waals surface area contributed by atoms with E-state index >= 15 is 0 Å².